The predicted molar refractivity (Wildman–Crippen MR) is 121 cm³/mol. The highest BCUT2D eigenvalue weighted by atomic mass is 35.5. The number of methoxy groups -OCH3 is 1. The fourth-order valence-corrected chi connectivity index (χ4v) is 4.79. The van der Waals surface area contributed by atoms with Gasteiger partial charge in [-0.1, -0.05) is 46.9 Å². The van der Waals surface area contributed by atoms with Crippen LogP contribution in [-0.2, 0) is 0 Å². The van der Waals surface area contributed by atoms with Crippen molar-refractivity contribution in [3.63, 3.8) is 0 Å². The lowest BCUT2D eigenvalue weighted by Crippen LogP contribution is -2.13. The van der Waals surface area contributed by atoms with Gasteiger partial charge in [0.25, 0.3) is 5.91 Å². The number of benzene rings is 3. The minimum Gasteiger partial charge on any atom is -0.494 e. The molecule has 146 valence electrons. The molecule has 0 radical (unpaired) electrons. The first-order chi connectivity index (χ1) is 14.0. The number of halogens is 3. The molecule has 0 spiro atoms. The summed E-state index contributed by atoms with van der Waals surface area (Å²) >= 11 is 20.2. The van der Waals surface area contributed by atoms with Gasteiger partial charge in [0.2, 0.25) is 0 Å². The summed E-state index contributed by atoms with van der Waals surface area (Å²) in [6.45, 7) is 0. The second-order valence-corrected chi connectivity index (χ2v) is 8.39. The molecule has 0 bridgehead atoms. The summed E-state index contributed by atoms with van der Waals surface area (Å²) in [4.78, 5) is 17.3. The van der Waals surface area contributed by atoms with Gasteiger partial charge in [-0.2, -0.15) is 0 Å². The maximum Gasteiger partial charge on any atom is 0.259 e. The number of nitrogens with zero attached hydrogens (tertiary/aromatic N) is 1. The number of rotatable bonds is 4. The van der Waals surface area contributed by atoms with Crippen molar-refractivity contribution in [2.75, 3.05) is 12.4 Å². The van der Waals surface area contributed by atoms with Gasteiger partial charge in [-0.05, 0) is 42.5 Å². The van der Waals surface area contributed by atoms with Crippen LogP contribution in [0.2, 0.25) is 15.1 Å². The fourth-order valence-electron chi connectivity index (χ4n) is 2.89. The Balaban J connectivity index is 1.63. The Bertz CT molecular complexity index is 1210. The smallest absolute Gasteiger partial charge is 0.259 e. The number of fused-ring (bicyclic) bond motifs is 1. The summed E-state index contributed by atoms with van der Waals surface area (Å²) in [5.41, 5.74) is 2.49. The topological polar surface area (TPSA) is 51.2 Å². The van der Waals surface area contributed by atoms with E-state index in [1.165, 1.54) is 19.2 Å². The molecule has 29 heavy (non-hydrogen) atoms. The zero-order valence-corrected chi connectivity index (χ0v) is 18.1. The van der Waals surface area contributed by atoms with Crippen LogP contribution in [0, 0.1) is 0 Å². The van der Waals surface area contributed by atoms with Crippen molar-refractivity contribution >= 4 is 68.0 Å². The second kappa shape index (κ2) is 8.20. The van der Waals surface area contributed by atoms with Crippen molar-refractivity contribution in [3.05, 3.63) is 75.2 Å². The first kappa shape index (κ1) is 20.0. The number of thiazole rings is 1. The first-order valence-corrected chi connectivity index (χ1v) is 10.4. The molecule has 1 heterocycles. The van der Waals surface area contributed by atoms with Crippen LogP contribution in [0.5, 0.6) is 5.75 Å². The average Bonchev–Trinajstić information content (AvgIpc) is 3.11. The molecule has 3 aromatic carbocycles. The minimum absolute atomic E-state index is 0.233. The van der Waals surface area contributed by atoms with Crippen LogP contribution in [-0.4, -0.2) is 18.0 Å². The van der Waals surface area contributed by atoms with E-state index in [2.05, 4.69) is 10.3 Å². The van der Waals surface area contributed by atoms with Crippen LogP contribution in [0.4, 0.5) is 5.69 Å². The Kier molecular flexibility index (Phi) is 5.65. The van der Waals surface area contributed by atoms with Gasteiger partial charge in [0, 0.05) is 16.3 Å². The third-order valence-electron chi connectivity index (χ3n) is 4.21. The van der Waals surface area contributed by atoms with Gasteiger partial charge in [-0.25, -0.2) is 4.98 Å². The molecule has 0 atom stereocenters. The highest BCUT2D eigenvalue weighted by Crippen LogP contribution is 2.36. The van der Waals surface area contributed by atoms with Gasteiger partial charge in [0.05, 0.1) is 32.9 Å². The number of para-hydroxylation sites is 1. The van der Waals surface area contributed by atoms with Crippen LogP contribution in [0.25, 0.3) is 20.8 Å². The Morgan fingerprint density at radius 1 is 1.03 bits per heavy atom. The van der Waals surface area contributed by atoms with E-state index in [0.29, 0.717) is 15.7 Å². The fraction of sp³-hybridized carbons (Fsp3) is 0.0476. The van der Waals surface area contributed by atoms with E-state index in [-0.39, 0.29) is 16.3 Å². The number of hydrogen-bond donors (Lipinski definition) is 1. The Labute approximate surface area is 186 Å². The van der Waals surface area contributed by atoms with Crippen molar-refractivity contribution in [2.45, 2.75) is 0 Å². The standard InChI is InChI=1S/C21H13Cl3N2O2S/c1-28-19-14(8-11(22)9-16(19)24)20(27)25-12-6-7-13(15(23)10-12)21-26-17-4-2-3-5-18(17)29-21/h2-10H,1H3,(H,25,27). The molecule has 0 aliphatic rings. The van der Waals surface area contributed by atoms with E-state index in [9.17, 15) is 4.79 Å². The van der Waals surface area contributed by atoms with Gasteiger partial charge in [-0.3, -0.25) is 4.79 Å². The maximum absolute atomic E-state index is 12.7. The lowest BCUT2D eigenvalue weighted by atomic mass is 10.1. The third-order valence-corrected chi connectivity index (χ3v) is 6.09. The molecule has 0 saturated carbocycles. The van der Waals surface area contributed by atoms with Crippen molar-refractivity contribution in [1.82, 2.24) is 4.98 Å². The van der Waals surface area contributed by atoms with E-state index in [0.717, 1.165) is 20.8 Å². The lowest BCUT2D eigenvalue weighted by Gasteiger charge is -2.12. The van der Waals surface area contributed by atoms with Gasteiger partial charge >= 0.3 is 0 Å². The van der Waals surface area contributed by atoms with Crippen molar-refractivity contribution in [2.24, 2.45) is 0 Å². The normalized spacial score (nSPS) is 10.9. The van der Waals surface area contributed by atoms with Crippen LogP contribution >= 0.6 is 46.1 Å². The molecule has 0 saturated heterocycles. The summed E-state index contributed by atoms with van der Waals surface area (Å²) in [6.07, 6.45) is 0. The van der Waals surface area contributed by atoms with Gasteiger partial charge < -0.3 is 10.1 Å². The molecular weight excluding hydrogens is 451 g/mol. The summed E-state index contributed by atoms with van der Waals surface area (Å²) in [5.74, 6) is -0.152. The summed E-state index contributed by atoms with van der Waals surface area (Å²) in [6, 6.07) is 16.2. The zero-order valence-electron chi connectivity index (χ0n) is 15.0. The average molecular weight is 464 g/mol. The van der Waals surface area contributed by atoms with Gasteiger partial charge in [0.1, 0.15) is 10.8 Å². The van der Waals surface area contributed by atoms with Crippen molar-refractivity contribution in [1.29, 1.82) is 0 Å². The summed E-state index contributed by atoms with van der Waals surface area (Å²) < 4.78 is 6.32. The summed E-state index contributed by atoms with van der Waals surface area (Å²) in [7, 11) is 1.44. The largest absolute Gasteiger partial charge is 0.494 e. The number of hydrogen-bond acceptors (Lipinski definition) is 4. The number of anilines is 1. The number of nitrogens with one attached hydrogen (secondary N) is 1. The number of amides is 1. The molecule has 0 aliphatic heterocycles. The van der Waals surface area contributed by atoms with Crippen LogP contribution in [0.1, 0.15) is 10.4 Å². The molecule has 4 aromatic rings. The number of ether oxygens (including phenoxy) is 1. The first-order valence-electron chi connectivity index (χ1n) is 8.46. The molecule has 0 fully saturated rings. The van der Waals surface area contributed by atoms with E-state index in [4.69, 9.17) is 39.5 Å². The Morgan fingerprint density at radius 3 is 2.55 bits per heavy atom. The molecular formula is C21H13Cl3N2O2S. The maximum atomic E-state index is 12.7. The number of carbonyl (C=O) groups excluding carboxylic acids is 1. The highest BCUT2D eigenvalue weighted by molar-refractivity contribution is 7.21. The second-order valence-electron chi connectivity index (χ2n) is 6.10. The molecule has 1 N–H and O–H groups in total. The van der Waals surface area contributed by atoms with E-state index < -0.39 is 5.91 Å². The minimum atomic E-state index is -0.407. The van der Waals surface area contributed by atoms with E-state index in [1.54, 1.807) is 23.5 Å². The van der Waals surface area contributed by atoms with Gasteiger partial charge in [-0.15, -0.1) is 11.3 Å². The lowest BCUT2D eigenvalue weighted by molar-refractivity contribution is 0.102. The predicted octanol–water partition coefficient (Wildman–Crippen LogP) is 7.18. The molecule has 0 unspecified atom stereocenters. The summed E-state index contributed by atoms with van der Waals surface area (Å²) in [5, 5.41) is 4.69. The molecule has 1 amide bonds. The monoisotopic (exact) mass is 462 g/mol. The van der Waals surface area contributed by atoms with Crippen LogP contribution in [0.15, 0.2) is 54.6 Å². The zero-order chi connectivity index (χ0) is 20.5. The van der Waals surface area contributed by atoms with Crippen LogP contribution < -0.4 is 10.1 Å². The molecule has 1 aromatic heterocycles. The molecule has 4 nitrogen and oxygen atoms in total. The van der Waals surface area contributed by atoms with Gasteiger partial charge in [0.15, 0.2) is 0 Å². The number of aromatic nitrogens is 1. The van der Waals surface area contributed by atoms with Crippen LogP contribution in [0.3, 0.4) is 0 Å². The van der Waals surface area contributed by atoms with Crippen molar-refractivity contribution in [3.8, 4) is 16.3 Å². The molecule has 8 heteroatoms. The number of carbonyl (C=O) groups is 1. The SMILES string of the molecule is COc1c(Cl)cc(Cl)cc1C(=O)Nc1ccc(-c2nc3ccccc3s2)c(Cl)c1. The van der Waals surface area contributed by atoms with E-state index in [1.807, 2.05) is 30.3 Å². The quantitative estimate of drug-likeness (QED) is 0.348. The molecule has 0 aliphatic carbocycles. The highest BCUT2D eigenvalue weighted by Gasteiger charge is 2.18. The van der Waals surface area contributed by atoms with Crippen molar-refractivity contribution < 1.29 is 9.53 Å². The Morgan fingerprint density at radius 2 is 1.83 bits per heavy atom. The van der Waals surface area contributed by atoms with E-state index >= 15 is 0 Å². The Hall–Kier alpha value is -2.31. The molecule has 4 rings (SSSR count). The third kappa shape index (κ3) is 4.05.